The van der Waals surface area contributed by atoms with E-state index in [1.165, 1.54) is 26.4 Å². The first kappa shape index (κ1) is 30.1. The van der Waals surface area contributed by atoms with E-state index in [9.17, 15) is 9.18 Å². The number of nitrogens with two attached hydrogens (primary N) is 1. The van der Waals surface area contributed by atoms with E-state index in [1.807, 2.05) is 4.90 Å². The predicted molar refractivity (Wildman–Crippen MR) is 147 cm³/mol. The molecule has 0 spiro atoms. The number of benzene rings is 2. The van der Waals surface area contributed by atoms with Gasteiger partial charge in [0.25, 0.3) is 0 Å². The number of nitrogens with one attached hydrogen (secondary N) is 1. The van der Waals surface area contributed by atoms with Crippen molar-refractivity contribution in [2.75, 3.05) is 71.3 Å². The van der Waals surface area contributed by atoms with Crippen molar-refractivity contribution < 1.29 is 27.8 Å². The van der Waals surface area contributed by atoms with Crippen molar-refractivity contribution in [3.05, 3.63) is 47.5 Å². The van der Waals surface area contributed by atoms with Gasteiger partial charge in [-0.15, -0.1) is 12.4 Å². The van der Waals surface area contributed by atoms with Gasteiger partial charge in [-0.1, -0.05) is 12.1 Å². The molecule has 1 aromatic heterocycles. The molecule has 1 fully saturated rings. The fraction of sp³-hybridized carbons (Fsp3) is 0.423. The summed E-state index contributed by atoms with van der Waals surface area (Å²) in [5.41, 5.74) is 7.01. The van der Waals surface area contributed by atoms with Crippen LogP contribution in [0.5, 0.6) is 11.5 Å². The van der Waals surface area contributed by atoms with E-state index in [0.29, 0.717) is 44.7 Å². The number of amides is 1. The molecule has 1 aliphatic heterocycles. The molecule has 0 unspecified atom stereocenters. The number of nitrogens with zero attached hydrogens (tertiary/aromatic N) is 4. The Morgan fingerprint density at radius 1 is 1.08 bits per heavy atom. The zero-order chi connectivity index (χ0) is 27.2. The van der Waals surface area contributed by atoms with Crippen LogP contribution in [0.25, 0.3) is 10.9 Å². The van der Waals surface area contributed by atoms with Crippen molar-refractivity contribution >= 4 is 41.0 Å². The number of anilines is 2. The second kappa shape index (κ2) is 13.5. The number of fused-ring (bicyclic) bond motifs is 1. The Kier molecular flexibility index (Phi) is 10.4. The van der Waals surface area contributed by atoms with Crippen molar-refractivity contribution in [3.63, 3.8) is 0 Å². The summed E-state index contributed by atoms with van der Waals surface area (Å²) < 4.78 is 44.0. The third-order valence-corrected chi connectivity index (χ3v) is 6.56. The molecule has 2 aromatic carbocycles. The number of piperazine rings is 1. The molecule has 1 atom stereocenters. The summed E-state index contributed by atoms with van der Waals surface area (Å²) in [6, 6.07) is 7.38. The standard InChI is InChI=1S/C26H32F2N6O4.ClH/c1-36-13-8-30-19(16-4-6-17(27)7-5-16)15-21(35)33-9-11-34(12-10-33)26-31-23-18(25(29)32-26)14-20(37-2)24(38-3)22(23)28;/h4-7,14,19,30H,8-13,15H2,1-3H3,(H2,29,31,32);1H/t19-;/m1./s1. The van der Waals surface area contributed by atoms with Gasteiger partial charge in [0.05, 0.1) is 20.8 Å². The van der Waals surface area contributed by atoms with Gasteiger partial charge in [0.15, 0.2) is 17.3 Å². The molecular weight excluding hydrogens is 534 g/mol. The minimum Gasteiger partial charge on any atom is -0.493 e. The first-order chi connectivity index (χ1) is 18.4. The normalized spacial score (nSPS) is 14.2. The third-order valence-electron chi connectivity index (χ3n) is 6.56. The topological polar surface area (TPSA) is 115 Å². The number of hydrogen-bond acceptors (Lipinski definition) is 9. The summed E-state index contributed by atoms with van der Waals surface area (Å²) in [5.74, 6) is -0.519. The highest BCUT2D eigenvalue weighted by molar-refractivity contribution is 5.92. The highest BCUT2D eigenvalue weighted by atomic mass is 35.5. The van der Waals surface area contributed by atoms with Crippen LogP contribution in [-0.2, 0) is 9.53 Å². The third kappa shape index (κ3) is 6.75. The number of methoxy groups -OCH3 is 3. The van der Waals surface area contributed by atoms with Gasteiger partial charge in [-0.25, -0.2) is 13.8 Å². The summed E-state index contributed by atoms with van der Waals surface area (Å²) in [6.07, 6.45) is 0.210. The smallest absolute Gasteiger partial charge is 0.228 e. The van der Waals surface area contributed by atoms with Crippen LogP contribution in [0.1, 0.15) is 18.0 Å². The molecular formula is C26H33ClF2N6O4. The Morgan fingerprint density at radius 2 is 1.77 bits per heavy atom. The molecule has 3 aromatic rings. The number of rotatable bonds is 10. The maximum absolute atomic E-state index is 15.1. The molecule has 1 saturated heterocycles. The van der Waals surface area contributed by atoms with Crippen molar-refractivity contribution in [3.8, 4) is 11.5 Å². The highest BCUT2D eigenvalue weighted by Gasteiger charge is 2.27. The average molecular weight is 567 g/mol. The molecule has 0 aliphatic carbocycles. The van der Waals surface area contributed by atoms with Gasteiger partial charge in [0.1, 0.15) is 17.2 Å². The van der Waals surface area contributed by atoms with Crippen LogP contribution in [0.3, 0.4) is 0 Å². The largest absolute Gasteiger partial charge is 0.493 e. The number of ether oxygens (including phenoxy) is 3. The van der Waals surface area contributed by atoms with Crippen LogP contribution >= 0.6 is 12.4 Å². The van der Waals surface area contributed by atoms with E-state index < -0.39 is 5.82 Å². The molecule has 0 saturated carbocycles. The number of halogens is 3. The molecule has 1 amide bonds. The van der Waals surface area contributed by atoms with Crippen LogP contribution in [0.15, 0.2) is 30.3 Å². The molecule has 39 heavy (non-hydrogen) atoms. The maximum atomic E-state index is 15.1. The quantitative estimate of drug-likeness (QED) is 0.357. The molecule has 212 valence electrons. The fourth-order valence-corrected chi connectivity index (χ4v) is 4.48. The Morgan fingerprint density at radius 3 is 2.38 bits per heavy atom. The fourth-order valence-electron chi connectivity index (χ4n) is 4.48. The van der Waals surface area contributed by atoms with Gasteiger partial charge in [0, 0.05) is 57.7 Å². The van der Waals surface area contributed by atoms with Crippen LogP contribution in [0.4, 0.5) is 20.5 Å². The molecule has 2 heterocycles. The lowest BCUT2D eigenvalue weighted by Crippen LogP contribution is -2.50. The second-order valence-corrected chi connectivity index (χ2v) is 8.85. The zero-order valence-corrected chi connectivity index (χ0v) is 22.9. The van der Waals surface area contributed by atoms with Gasteiger partial charge in [-0.3, -0.25) is 4.79 Å². The van der Waals surface area contributed by atoms with E-state index in [1.54, 1.807) is 30.2 Å². The minimum atomic E-state index is -0.682. The summed E-state index contributed by atoms with van der Waals surface area (Å²) in [5, 5.41) is 3.64. The molecule has 3 N–H and O–H groups in total. The first-order valence-corrected chi connectivity index (χ1v) is 12.2. The van der Waals surface area contributed by atoms with Gasteiger partial charge < -0.3 is 35.1 Å². The van der Waals surface area contributed by atoms with E-state index >= 15 is 4.39 Å². The summed E-state index contributed by atoms with van der Waals surface area (Å²) >= 11 is 0. The zero-order valence-electron chi connectivity index (χ0n) is 22.1. The molecule has 10 nitrogen and oxygen atoms in total. The van der Waals surface area contributed by atoms with E-state index in [0.717, 1.165) is 5.56 Å². The molecule has 1 aliphatic rings. The number of carbonyl (C=O) groups excluding carboxylic acids is 1. The second-order valence-electron chi connectivity index (χ2n) is 8.85. The van der Waals surface area contributed by atoms with Gasteiger partial charge in [-0.2, -0.15) is 4.98 Å². The Balaban J connectivity index is 0.00000420. The maximum Gasteiger partial charge on any atom is 0.228 e. The van der Waals surface area contributed by atoms with Crippen molar-refractivity contribution in [1.82, 2.24) is 20.2 Å². The lowest BCUT2D eigenvalue weighted by Gasteiger charge is -2.35. The summed E-state index contributed by atoms with van der Waals surface area (Å²) in [4.78, 5) is 25.6. The number of aromatic nitrogens is 2. The van der Waals surface area contributed by atoms with Crippen LogP contribution in [0, 0.1) is 11.6 Å². The minimum absolute atomic E-state index is 0. The van der Waals surface area contributed by atoms with Gasteiger partial charge in [-0.05, 0) is 23.8 Å². The first-order valence-electron chi connectivity index (χ1n) is 12.2. The average Bonchev–Trinajstić information content (AvgIpc) is 2.93. The molecule has 0 radical (unpaired) electrons. The molecule has 13 heteroatoms. The van der Waals surface area contributed by atoms with Crippen LogP contribution in [-0.4, -0.2) is 81.4 Å². The lowest BCUT2D eigenvalue weighted by molar-refractivity contribution is -0.132. The summed E-state index contributed by atoms with van der Waals surface area (Å²) in [7, 11) is 4.36. The van der Waals surface area contributed by atoms with Crippen LogP contribution < -0.4 is 25.4 Å². The van der Waals surface area contributed by atoms with Gasteiger partial charge >= 0.3 is 0 Å². The van der Waals surface area contributed by atoms with E-state index in [-0.39, 0.29) is 65.4 Å². The van der Waals surface area contributed by atoms with Crippen molar-refractivity contribution in [1.29, 1.82) is 0 Å². The van der Waals surface area contributed by atoms with Crippen molar-refractivity contribution in [2.24, 2.45) is 0 Å². The SMILES string of the molecule is COCCN[C@H](CC(=O)N1CCN(c2nc(N)c3cc(OC)c(OC)c(F)c3n2)CC1)c1ccc(F)cc1.Cl. The Bertz CT molecular complexity index is 1280. The highest BCUT2D eigenvalue weighted by Crippen LogP contribution is 2.37. The molecule has 0 bridgehead atoms. The number of hydrogen-bond donors (Lipinski definition) is 2. The van der Waals surface area contributed by atoms with Crippen LogP contribution in [0.2, 0.25) is 0 Å². The van der Waals surface area contributed by atoms with E-state index in [2.05, 4.69) is 15.3 Å². The lowest BCUT2D eigenvalue weighted by atomic mass is 10.0. The Hall–Kier alpha value is -3.48. The number of nitrogen functional groups attached to an aromatic ring is 1. The van der Waals surface area contributed by atoms with Gasteiger partial charge in [0.2, 0.25) is 11.9 Å². The van der Waals surface area contributed by atoms with E-state index in [4.69, 9.17) is 19.9 Å². The Labute approximate surface area is 231 Å². The monoisotopic (exact) mass is 566 g/mol. The predicted octanol–water partition coefficient (Wildman–Crippen LogP) is 2.95. The summed E-state index contributed by atoms with van der Waals surface area (Å²) in [6.45, 7) is 2.80. The molecule has 4 rings (SSSR count). The van der Waals surface area contributed by atoms with Crippen molar-refractivity contribution in [2.45, 2.75) is 12.5 Å². The number of carbonyl (C=O) groups is 1.